The lowest BCUT2D eigenvalue weighted by molar-refractivity contribution is -0.126. The van der Waals surface area contributed by atoms with E-state index < -0.39 is 43.1 Å². The average molecular weight is 621 g/mol. The number of carbonyl (C=O) groups excluding carboxylic acids is 2. The second-order valence-corrected chi connectivity index (χ2v) is 16.0. The van der Waals surface area contributed by atoms with E-state index in [0.29, 0.717) is 44.4 Å². The molecule has 0 aliphatic carbocycles. The van der Waals surface area contributed by atoms with Crippen molar-refractivity contribution in [1.82, 2.24) is 28.9 Å². The highest BCUT2D eigenvalue weighted by atomic mass is 32.2. The van der Waals surface area contributed by atoms with E-state index in [0.717, 1.165) is 4.31 Å². The first-order valence-corrected chi connectivity index (χ1v) is 17.5. The lowest BCUT2D eigenvalue weighted by Gasteiger charge is -2.38. The largest absolute Gasteiger partial charge is 0.375 e. The molecule has 236 valence electrons. The minimum Gasteiger partial charge on any atom is -0.375 e. The van der Waals surface area contributed by atoms with Crippen molar-refractivity contribution in [2.75, 3.05) is 37.7 Å². The Bertz CT molecular complexity index is 1240. The summed E-state index contributed by atoms with van der Waals surface area (Å²) in [6.07, 6.45) is 4.24. The van der Waals surface area contributed by atoms with Gasteiger partial charge in [0.2, 0.25) is 26.0 Å². The minimum atomic E-state index is -3.74. The van der Waals surface area contributed by atoms with Crippen LogP contribution in [0.1, 0.15) is 86.3 Å². The molecule has 0 radical (unpaired) electrons. The molecule has 1 aromatic heterocycles. The van der Waals surface area contributed by atoms with Crippen LogP contribution in [-0.4, -0.2) is 102 Å². The molecule has 2 heterocycles. The van der Waals surface area contributed by atoms with Gasteiger partial charge in [0.15, 0.2) is 0 Å². The van der Waals surface area contributed by atoms with Gasteiger partial charge in [0.05, 0.1) is 35.4 Å². The van der Waals surface area contributed by atoms with Crippen molar-refractivity contribution in [1.29, 1.82) is 0 Å². The molecule has 0 saturated carbocycles. The maximum atomic E-state index is 13.3. The van der Waals surface area contributed by atoms with E-state index >= 15 is 0 Å². The number of ether oxygens (including phenoxy) is 1. The number of amides is 1. The Morgan fingerprint density at radius 1 is 1.02 bits per heavy atom. The van der Waals surface area contributed by atoms with Crippen molar-refractivity contribution < 1.29 is 31.2 Å². The Morgan fingerprint density at radius 2 is 1.66 bits per heavy atom. The van der Waals surface area contributed by atoms with E-state index in [9.17, 15) is 26.4 Å². The third kappa shape index (κ3) is 10.4. The first-order valence-electron chi connectivity index (χ1n) is 14.2. The molecule has 15 heteroatoms. The van der Waals surface area contributed by atoms with Crippen LogP contribution in [0.15, 0.2) is 6.20 Å². The maximum absolute atomic E-state index is 13.3. The van der Waals surface area contributed by atoms with Crippen LogP contribution in [0.5, 0.6) is 0 Å². The second kappa shape index (κ2) is 14.5. The van der Waals surface area contributed by atoms with Gasteiger partial charge in [0.1, 0.15) is 17.5 Å². The van der Waals surface area contributed by atoms with Crippen LogP contribution >= 0.6 is 0 Å². The molecule has 0 aromatic carbocycles. The quantitative estimate of drug-likeness (QED) is 0.273. The fourth-order valence-electron chi connectivity index (χ4n) is 4.51. The predicted molar refractivity (Wildman–Crippen MR) is 156 cm³/mol. The average Bonchev–Trinajstić information content (AvgIpc) is 3.36. The molecule has 13 nitrogen and oxygen atoms in total. The van der Waals surface area contributed by atoms with E-state index in [-0.39, 0.29) is 43.5 Å². The van der Waals surface area contributed by atoms with Crippen LogP contribution in [0.25, 0.3) is 0 Å². The van der Waals surface area contributed by atoms with Gasteiger partial charge in [-0.1, -0.05) is 19.1 Å². The minimum absolute atomic E-state index is 0.00334. The molecule has 2 rings (SSSR count). The highest BCUT2D eigenvalue weighted by molar-refractivity contribution is 7.89. The Labute approximate surface area is 245 Å². The van der Waals surface area contributed by atoms with Crippen molar-refractivity contribution in [2.45, 2.75) is 104 Å². The first kappa shape index (κ1) is 35.3. The van der Waals surface area contributed by atoms with Gasteiger partial charge in [-0.15, -0.1) is 5.10 Å². The van der Waals surface area contributed by atoms with Gasteiger partial charge >= 0.3 is 0 Å². The zero-order valence-electron chi connectivity index (χ0n) is 25.6. The fraction of sp³-hybridized carbons (Fsp3) is 0.846. The summed E-state index contributed by atoms with van der Waals surface area (Å²) in [4.78, 5) is 24.6. The third-order valence-electron chi connectivity index (χ3n) is 7.16. The van der Waals surface area contributed by atoms with Gasteiger partial charge < -0.3 is 14.8 Å². The number of Topliss-reactive ketones (excluding diaryl/α,β-unsaturated/α-hetero) is 1. The number of sulfonamides is 2. The van der Waals surface area contributed by atoms with E-state index in [4.69, 9.17) is 4.74 Å². The van der Waals surface area contributed by atoms with Gasteiger partial charge in [0, 0.05) is 32.7 Å². The molecular formula is C26H48N6O7S2. The number of piperazine rings is 1. The molecular weight excluding hydrogens is 572 g/mol. The van der Waals surface area contributed by atoms with Crippen molar-refractivity contribution >= 4 is 31.7 Å². The first-order chi connectivity index (χ1) is 18.9. The predicted octanol–water partition coefficient (Wildman–Crippen LogP) is 1.65. The van der Waals surface area contributed by atoms with Crippen LogP contribution in [-0.2, 0) is 46.5 Å². The Hall–Kier alpha value is -1.94. The van der Waals surface area contributed by atoms with Crippen LogP contribution < -0.4 is 5.32 Å². The molecule has 1 atom stereocenters. The molecule has 1 aromatic rings. The van der Waals surface area contributed by atoms with E-state index in [1.165, 1.54) is 4.31 Å². The summed E-state index contributed by atoms with van der Waals surface area (Å²) in [7, 11) is -7.35. The van der Waals surface area contributed by atoms with Crippen LogP contribution in [0.2, 0.25) is 0 Å². The van der Waals surface area contributed by atoms with Crippen LogP contribution in [0.4, 0.5) is 0 Å². The van der Waals surface area contributed by atoms with Crippen molar-refractivity contribution in [3.8, 4) is 0 Å². The van der Waals surface area contributed by atoms with E-state index in [1.54, 1.807) is 31.6 Å². The van der Waals surface area contributed by atoms with E-state index in [2.05, 4.69) is 15.6 Å². The Kier molecular flexibility index (Phi) is 12.5. The lowest BCUT2D eigenvalue weighted by Crippen LogP contribution is -2.61. The van der Waals surface area contributed by atoms with Gasteiger partial charge in [-0.25, -0.2) is 21.5 Å². The number of rotatable bonds is 17. The van der Waals surface area contributed by atoms with Gasteiger partial charge in [-0.05, 0) is 60.3 Å². The zero-order chi connectivity index (χ0) is 31.1. The molecule has 1 aliphatic rings. The highest BCUT2D eigenvalue weighted by Crippen LogP contribution is 2.23. The van der Waals surface area contributed by atoms with Crippen molar-refractivity contribution in [3.05, 3.63) is 11.9 Å². The summed E-state index contributed by atoms with van der Waals surface area (Å²) in [5, 5.41) is 11.1. The van der Waals surface area contributed by atoms with Gasteiger partial charge in [-0.2, -0.15) is 8.61 Å². The van der Waals surface area contributed by atoms with Crippen LogP contribution in [0, 0.1) is 0 Å². The van der Waals surface area contributed by atoms with Crippen molar-refractivity contribution in [2.24, 2.45) is 0 Å². The monoisotopic (exact) mass is 620 g/mol. The maximum Gasteiger partial charge on any atom is 0.240 e. The summed E-state index contributed by atoms with van der Waals surface area (Å²) < 4.78 is 61.2. The molecule has 1 aliphatic heterocycles. The molecule has 1 fully saturated rings. The molecule has 1 amide bonds. The molecule has 0 bridgehead atoms. The highest BCUT2D eigenvalue weighted by Gasteiger charge is 2.42. The smallest absolute Gasteiger partial charge is 0.240 e. The number of carbonyl (C=O) groups is 2. The van der Waals surface area contributed by atoms with Crippen LogP contribution in [0.3, 0.4) is 0 Å². The molecule has 41 heavy (non-hydrogen) atoms. The number of hydrogen-bond donors (Lipinski definition) is 1. The fourth-order valence-corrected chi connectivity index (χ4v) is 7.68. The summed E-state index contributed by atoms with van der Waals surface area (Å²) in [6.45, 7) is 13.1. The number of hydrogen-bond acceptors (Lipinski definition) is 9. The standard InChI is InChI=1S/C26H48N6O7S2/c1-8-16-40(35,36)30-13-14-31(41(37,38)17-9-2)23(20-30)24(34)27-18-22-19-32(29-28-22)25(4,5)12-15-39-26(6,7)11-10-21(3)33/h19,23H,8-18,20H2,1-7H3,(H,27,34). The summed E-state index contributed by atoms with van der Waals surface area (Å²) in [6, 6.07) is -1.18. The van der Waals surface area contributed by atoms with Gasteiger partial charge in [0.25, 0.3) is 0 Å². The summed E-state index contributed by atoms with van der Waals surface area (Å²) in [5.74, 6) is -0.652. The molecule has 1 unspecified atom stereocenters. The lowest BCUT2D eigenvalue weighted by atomic mass is 9.99. The number of nitrogens with one attached hydrogen (secondary N) is 1. The molecule has 0 spiro atoms. The number of nitrogens with zero attached hydrogens (tertiary/aromatic N) is 5. The zero-order valence-corrected chi connectivity index (χ0v) is 27.2. The molecule has 1 saturated heterocycles. The normalized spacial score (nSPS) is 18.0. The number of aromatic nitrogens is 3. The van der Waals surface area contributed by atoms with E-state index in [1.807, 2.05) is 27.7 Å². The summed E-state index contributed by atoms with van der Waals surface area (Å²) in [5.41, 5.74) is -0.403. The SMILES string of the molecule is CCCS(=O)(=O)N1CCN(S(=O)(=O)CCC)C(C(=O)NCc2cn(C(C)(C)CCOC(C)(C)CCC(C)=O)nn2)C1. The summed E-state index contributed by atoms with van der Waals surface area (Å²) >= 11 is 0. The Balaban J connectivity index is 2.06. The third-order valence-corrected chi connectivity index (χ3v) is 11.3. The Morgan fingerprint density at radius 3 is 2.27 bits per heavy atom. The van der Waals surface area contributed by atoms with Gasteiger partial charge in [-0.3, -0.25) is 4.79 Å². The topological polar surface area (TPSA) is 161 Å². The number of ketones is 1. The second-order valence-electron chi connectivity index (χ2n) is 11.9. The van der Waals surface area contributed by atoms with Crippen molar-refractivity contribution in [3.63, 3.8) is 0 Å². The molecule has 1 N–H and O–H groups in total.